The Morgan fingerprint density at radius 3 is 2.44 bits per heavy atom. The number of piperazine rings is 1. The third-order valence-electron chi connectivity index (χ3n) is 7.03. The summed E-state index contributed by atoms with van der Waals surface area (Å²) in [7, 11) is -0.170. The number of benzene rings is 2. The number of carbonyl (C=O) groups excluding carboxylic acids is 2. The number of pyridine rings is 1. The molecule has 3 heterocycles. The Hall–Kier alpha value is -3.63. The quantitative estimate of drug-likeness (QED) is 0.340. The average Bonchev–Trinajstić information content (AvgIpc) is 3.34. The van der Waals surface area contributed by atoms with Gasteiger partial charge in [0.1, 0.15) is 11.5 Å². The molecule has 2 aromatic heterocycles. The van der Waals surface area contributed by atoms with Crippen LogP contribution in [0.4, 0.5) is 5.82 Å². The van der Waals surface area contributed by atoms with Gasteiger partial charge < -0.3 is 14.7 Å². The number of hydrogen-bond acceptors (Lipinski definition) is 6. The van der Waals surface area contributed by atoms with Crippen molar-refractivity contribution in [1.29, 1.82) is 0 Å². The van der Waals surface area contributed by atoms with E-state index >= 15 is 0 Å². The van der Waals surface area contributed by atoms with Gasteiger partial charge in [0.15, 0.2) is 9.84 Å². The van der Waals surface area contributed by atoms with Gasteiger partial charge in [0.2, 0.25) is 11.8 Å². The number of nitrogens with zero attached hydrogens (tertiary/aromatic N) is 5. The first kappa shape index (κ1) is 27.0. The van der Waals surface area contributed by atoms with Crippen molar-refractivity contribution in [3.05, 3.63) is 71.5 Å². The lowest BCUT2D eigenvalue weighted by atomic mass is 10.1. The smallest absolute Gasteiger partial charge is 0.228 e. The fourth-order valence-corrected chi connectivity index (χ4v) is 6.21. The van der Waals surface area contributed by atoms with Crippen LogP contribution in [0.3, 0.4) is 0 Å². The van der Waals surface area contributed by atoms with Gasteiger partial charge in [-0.3, -0.25) is 14.0 Å². The van der Waals surface area contributed by atoms with Gasteiger partial charge in [0.05, 0.1) is 22.8 Å². The maximum absolute atomic E-state index is 13.0. The number of amides is 2. The molecule has 4 aromatic rings. The SMILES string of the molecule is CN(C)C(=O)Cc1cn2c(N3CCN(C(=O)CCS(=O)(=O)c4ccc5cc(Cl)ccc5c4)CC3)cccc2n1. The van der Waals surface area contributed by atoms with Crippen LogP contribution in [0.5, 0.6) is 0 Å². The van der Waals surface area contributed by atoms with E-state index < -0.39 is 9.84 Å². The van der Waals surface area contributed by atoms with Crippen LogP contribution in [0.15, 0.2) is 65.7 Å². The predicted octanol–water partition coefficient (Wildman–Crippen LogP) is 3.28. The lowest BCUT2D eigenvalue weighted by molar-refractivity contribution is -0.131. The molecule has 1 saturated heterocycles. The van der Waals surface area contributed by atoms with Gasteiger partial charge in [-0.15, -0.1) is 0 Å². The third-order valence-corrected chi connectivity index (χ3v) is 8.97. The minimum atomic E-state index is -3.61. The number of anilines is 1. The van der Waals surface area contributed by atoms with E-state index in [1.807, 2.05) is 28.8 Å². The molecule has 0 spiro atoms. The van der Waals surface area contributed by atoms with Crippen LogP contribution in [0.1, 0.15) is 12.1 Å². The molecular formula is C28H30ClN5O4S. The Labute approximate surface area is 232 Å². The second-order valence-electron chi connectivity index (χ2n) is 9.90. The van der Waals surface area contributed by atoms with Crippen LogP contribution < -0.4 is 4.90 Å². The number of sulfone groups is 1. The first-order valence-electron chi connectivity index (χ1n) is 12.7. The Balaban J connectivity index is 1.20. The highest BCUT2D eigenvalue weighted by atomic mass is 35.5. The zero-order valence-corrected chi connectivity index (χ0v) is 23.5. The van der Waals surface area contributed by atoms with Crippen LogP contribution in [-0.2, 0) is 25.8 Å². The van der Waals surface area contributed by atoms with E-state index in [0.717, 1.165) is 22.2 Å². The number of likely N-dealkylation sites (N-methyl/N-ethyl adjacent to an activating group) is 1. The van der Waals surface area contributed by atoms with Gasteiger partial charge in [-0.25, -0.2) is 13.4 Å². The molecule has 1 fully saturated rings. The summed E-state index contributed by atoms with van der Waals surface area (Å²) in [5, 5.41) is 2.24. The molecule has 0 atom stereocenters. The normalized spacial score (nSPS) is 14.2. The van der Waals surface area contributed by atoms with Crippen molar-refractivity contribution in [1.82, 2.24) is 19.2 Å². The second-order valence-corrected chi connectivity index (χ2v) is 12.4. The van der Waals surface area contributed by atoms with Crippen molar-refractivity contribution in [3.8, 4) is 0 Å². The van der Waals surface area contributed by atoms with E-state index in [1.54, 1.807) is 60.3 Å². The molecular weight excluding hydrogens is 538 g/mol. The van der Waals surface area contributed by atoms with E-state index in [4.69, 9.17) is 11.6 Å². The first-order chi connectivity index (χ1) is 18.6. The topological polar surface area (TPSA) is 95.3 Å². The summed E-state index contributed by atoms with van der Waals surface area (Å²) in [6, 6.07) is 16.1. The zero-order valence-electron chi connectivity index (χ0n) is 21.9. The fraction of sp³-hybridized carbons (Fsp3) is 0.321. The minimum absolute atomic E-state index is 0.0142. The molecule has 11 heteroatoms. The molecule has 0 bridgehead atoms. The molecule has 2 amide bonds. The molecule has 1 aliphatic heterocycles. The molecule has 0 aliphatic carbocycles. The second kappa shape index (κ2) is 10.9. The summed E-state index contributed by atoms with van der Waals surface area (Å²) in [4.78, 5) is 35.3. The van der Waals surface area contributed by atoms with Crippen molar-refractivity contribution < 1.29 is 18.0 Å². The molecule has 0 unspecified atom stereocenters. The number of aromatic nitrogens is 2. The van der Waals surface area contributed by atoms with E-state index in [-0.39, 0.29) is 35.3 Å². The molecule has 5 rings (SSSR count). The Morgan fingerprint density at radius 1 is 0.974 bits per heavy atom. The Bertz CT molecular complexity index is 1660. The van der Waals surface area contributed by atoms with E-state index in [0.29, 0.717) is 36.9 Å². The fourth-order valence-electron chi connectivity index (χ4n) is 4.77. The van der Waals surface area contributed by atoms with Crippen LogP contribution in [0, 0.1) is 0 Å². The molecule has 39 heavy (non-hydrogen) atoms. The predicted molar refractivity (Wildman–Crippen MR) is 152 cm³/mol. The highest BCUT2D eigenvalue weighted by molar-refractivity contribution is 7.91. The molecule has 0 radical (unpaired) electrons. The summed E-state index contributed by atoms with van der Waals surface area (Å²) in [6.45, 7) is 2.20. The number of imidazole rings is 1. The number of fused-ring (bicyclic) bond motifs is 2. The lowest BCUT2D eigenvalue weighted by Crippen LogP contribution is -2.49. The van der Waals surface area contributed by atoms with E-state index in [2.05, 4.69) is 9.88 Å². The lowest BCUT2D eigenvalue weighted by Gasteiger charge is -2.36. The largest absolute Gasteiger partial charge is 0.354 e. The molecule has 0 N–H and O–H groups in total. The molecule has 2 aromatic carbocycles. The van der Waals surface area contributed by atoms with Gasteiger partial charge >= 0.3 is 0 Å². The van der Waals surface area contributed by atoms with Crippen molar-refractivity contribution in [2.24, 2.45) is 0 Å². The maximum Gasteiger partial charge on any atom is 0.228 e. The Kier molecular flexibility index (Phi) is 7.51. The van der Waals surface area contributed by atoms with Gasteiger partial charge in [0, 0.05) is 57.9 Å². The molecule has 1 aliphatic rings. The van der Waals surface area contributed by atoms with Crippen LogP contribution in [0.2, 0.25) is 5.02 Å². The van der Waals surface area contributed by atoms with Crippen LogP contribution in [-0.4, -0.2) is 85.4 Å². The van der Waals surface area contributed by atoms with Crippen molar-refractivity contribution >= 4 is 55.5 Å². The summed E-state index contributed by atoms with van der Waals surface area (Å²) < 4.78 is 27.9. The van der Waals surface area contributed by atoms with Crippen LogP contribution in [0.25, 0.3) is 16.4 Å². The van der Waals surface area contributed by atoms with Crippen molar-refractivity contribution in [2.45, 2.75) is 17.7 Å². The van der Waals surface area contributed by atoms with Crippen molar-refractivity contribution in [2.75, 3.05) is 50.9 Å². The maximum atomic E-state index is 13.0. The standard InChI is InChI=1S/C28H30ClN5O4S/c1-31(2)28(36)18-23-19-34-25(30-23)4-3-5-26(34)32-11-13-33(14-12-32)27(35)10-15-39(37,38)24-9-7-20-16-22(29)8-6-21(20)17-24/h3-9,16-17,19H,10-15,18H2,1-2H3. The summed E-state index contributed by atoms with van der Waals surface area (Å²) in [6.07, 6.45) is 2.05. The molecule has 9 nitrogen and oxygen atoms in total. The Morgan fingerprint density at radius 2 is 1.69 bits per heavy atom. The number of carbonyl (C=O) groups is 2. The zero-order chi connectivity index (χ0) is 27.7. The van der Waals surface area contributed by atoms with Crippen molar-refractivity contribution in [3.63, 3.8) is 0 Å². The van der Waals surface area contributed by atoms with Crippen LogP contribution >= 0.6 is 11.6 Å². The number of rotatable bonds is 7. The third kappa shape index (κ3) is 5.86. The summed E-state index contributed by atoms with van der Waals surface area (Å²) in [5.74, 6) is 0.514. The molecule has 204 valence electrons. The van der Waals surface area contributed by atoms with Gasteiger partial charge in [-0.05, 0) is 47.2 Å². The minimum Gasteiger partial charge on any atom is -0.354 e. The van der Waals surface area contributed by atoms with E-state index in [1.165, 1.54) is 0 Å². The van der Waals surface area contributed by atoms with Gasteiger partial charge in [-0.1, -0.05) is 29.8 Å². The summed E-state index contributed by atoms with van der Waals surface area (Å²) in [5.41, 5.74) is 1.46. The average molecular weight is 568 g/mol. The van der Waals surface area contributed by atoms with Gasteiger partial charge in [0.25, 0.3) is 0 Å². The monoisotopic (exact) mass is 567 g/mol. The highest BCUT2D eigenvalue weighted by Gasteiger charge is 2.25. The van der Waals surface area contributed by atoms with E-state index in [9.17, 15) is 18.0 Å². The number of hydrogen-bond donors (Lipinski definition) is 0. The number of halogens is 1. The summed E-state index contributed by atoms with van der Waals surface area (Å²) >= 11 is 6.02. The first-order valence-corrected chi connectivity index (χ1v) is 14.8. The molecule has 0 saturated carbocycles. The van der Waals surface area contributed by atoms with Gasteiger partial charge in [-0.2, -0.15) is 0 Å². The highest BCUT2D eigenvalue weighted by Crippen LogP contribution is 2.24.